The first-order valence-corrected chi connectivity index (χ1v) is 12.5. The summed E-state index contributed by atoms with van der Waals surface area (Å²) in [5.41, 5.74) is 0.408. The lowest BCUT2D eigenvalue weighted by molar-refractivity contribution is -0.384. The number of rotatable bonds is 9. The van der Waals surface area contributed by atoms with E-state index in [0.717, 1.165) is 0 Å². The van der Waals surface area contributed by atoms with E-state index < -0.39 is 27.0 Å². The Morgan fingerprint density at radius 3 is 2.32 bits per heavy atom. The lowest BCUT2D eigenvalue weighted by Gasteiger charge is -2.26. The van der Waals surface area contributed by atoms with Crippen LogP contribution in [0.15, 0.2) is 82.1 Å². The van der Waals surface area contributed by atoms with E-state index in [1.807, 2.05) is 0 Å². The first-order valence-electron chi connectivity index (χ1n) is 11.1. The van der Waals surface area contributed by atoms with Crippen LogP contribution in [0, 0.1) is 10.1 Å². The zero-order chi connectivity index (χ0) is 26.6. The van der Waals surface area contributed by atoms with Crippen molar-refractivity contribution in [3.05, 3.63) is 94.0 Å². The van der Waals surface area contributed by atoms with Crippen molar-refractivity contribution in [2.75, 3.05) is 27.3 Å². The third-order valence-corrected chi connectivity index (χ3v) is 6.86. The number of nitro groups is 1. The highest BCUT2D eigenvalue weighted by Gasteiger charge is 2.32. The Kier molecular flexibility index (Phi) is 7.39. The number of carbonyl (C=O) groups is 1. The van der Waals surface area contributed by atoms with Gasteiger partial charge in [0.1, 0.15) is 23.0 Å². The molecule has 192 valence electrons. The molecule has 0 aliphatic carbocycles. The van der Waals surface area contributed by atoms with Crippen LogP contribution in [0.2, 0.25) is 0 Å². The van der Waals surface area contributed by atoms with Gasteiger partial charge >= 0.3 is 5.97 Å². The summed E-state index contributed by atoms with van der Waals surface area (Å²) in [5.74, 6) is 0.655. The van der Waals surface area contributed by atoms with Gasteiger partial charge in [-0.2, -0.15) is 8.42 Å². The van der Waals surface area contributed by atoms with Crippen LogP contribution in [0.4, 0.5) is 5.69 Å². The Bertz CT molecular complexity index is 1440. The summed E-state index contributed by atoms with van der Waals surface area (Å²) < 4.78 is 45.5. The fourth-order valence-electron chi connectivity index (χ4n) is 3.68. The summed E-state index contributed by atoms with van der Waals surface area (Å²) >= 11 is 0. The molecule has 11 nitrogen and oxygen atoms in total. The van der Waals surface area contributed by atoms with Gasteiger partial charge in [0.05, 0.1) is 24.1 Å². The average Bonchev–Trinajstić information content (AvgIpc) is 3.18. The van der Waals surface area contributed by atoms with E-state index >= 15 is 0 Å². The molecule has 4 rings (SSSR count). The fraction of sp³-hybridized carbons (Fsp3) is 0.200. The topological polar surface area (TPSA) is 138 Å². The quantitative estimate of drug-likeness (QED) is 0.234. The molecule has 0 N–H and O–H groups in total. The van der Waals surface area contributed by atoms with E-state index in [0.29, 0.717) is 17.1 Å². The average molecular weight is 526 g/mol. The van der Waals surface area contributed by atoms with Crippen molar-refractivity contribution < 1.29 is 32.3 Å². The Hall–Kier alpha value is -4.45. The minimum absolute atomic E-state index is 0.0531. The standard InChI is InChI=1S/C25H23N3O8S/c1-27(24-22-5-3-4-6-23(22)37(32,33)26-24)15-21(16-35-20-13-11-19(34-2)12-14-20)36-25(29)17-7-9-18(10-8-17)28(30)31/h3-14,21H,15-16H2,1-2H3/t21-/m0/s1. The van der Waals surface area contributed by atoms with E-state index in [2.05, 4.69) is 4.40 Å². The smallest absolute Gasteiger partial charge is 0.338 e. The highest BCUT2D eigenvalue weighted by Crippen LogP contribution is 2.27. The molecule has 1 aliphatic rings. The third-order valence-electron chi connectivity index (χ3n) is 5.53. The van der Waals surface area contributed by atoms with Gasteiger partial charge in [0.25, 0.3) is 15.7 Å². The largest absolute Gasteiger partial charge is 0.497 e. The molecule has 0 radical (unpaired) electrons. The van der Waals surface area contributed by atoms with Crippen molar-refractivity contribution in [3.63, 3.8) is 0 Å². The first kappa shape index (κ1) is 25.6. The van der Waals surface area contributed by atoms with E-state index in [1.54, 1.807) is 61.5 Å². The molecule has 1 atom stereocenters. The number of esters is 1. The van der Waals surface area contributed by atoms with Crippen LogP contribution in [-0.2, 0) is 14.8 Å². The number of ether oxygens (including phenoxy) is 3. The van der Waals surface area contributed by atoms with Gasteiger partial charge in [-0.3, -0.25) is 10.1 Å². The number of non-ortho nitro benzene ring substituents is 1. The molecule has 37 heavy (non-hydrogen) atoms. The van der Waals surface area contributed by atoms with Crippen LogP contribution in [0.25, 0.3) is 0 Å². The zero-order valence-electron chi connectivity index (χ0n) is 19.9. The Labute approximate surface area is 213 Å². The highest BCUT2D eigenvalue weighted by molar-refractivity contribution is 7.90. The van der Waals surface area contributed by atoms with E-state index in [-0.39, 0.29) is 35.1 Å². The van der Waals surface area contributed by atoms with E-state index in [9.17, 15) is 23.3 Å². The monoisotopic (exact) mass is 525 g/mol. The van der Waals surface area contributed by atoms with Gasteiger partial charge in [-0.25, -0.2) is 4.79 Å². The molecule has 0 amide bonds. The van der Waals surface area contributed by atoms with Crippen molar-refractivity contribution in [2.45, 2.75) is 11.0 Å². The summed E-state index contributed by atoms with van der Waals surface area (Å²) in [6.45, 7) is -0.00533. The number of benzene rings is 3. The number of nitro benzene ring substituents is 1. The number of likely N-dealkylation sites (N-methyl/N-ethyl adjacent to an activating group) is 1. The number of methoxy groups -OCH3 is 1. The molecular weight excluding hydrogens is 502 g/mol. The zero-order valence-corrected chi connectivity index (χ0v) is 20.8. The summed E-state index contributed by atoms with van der Waals surface area (Å²) in [6, 6.07) is 18.3. The molecule has 0 unspecified atom stereocenters. The molecular formula is C25H23N3O8S. The van der Waals surface area contributed by atoms with E-state index in [4.69, 9.17) is 14.2 Å². The second kappa shape index (κ2) is 10.7. The molecule has 0 saturated heterocycles. The number of hydrogen-bond acceptors (Lipinski definition) is 9. The maximum absolute atomic E-state index is 12.8. The van der Waals surface area contributed by atoms with Gasteiger partial charge in [0, 0.05) is 24.7 Å². The molecule has 12 heteroatoms. The van der Waals surface area contributed by atoms with Gasteiger partial charge in [0.2, 0.25) is 0 Å². The number of carbonyl (C=O) groups excluding carboxylic acids is 1. The molecule has 0 aromatic heterocycles. The molecule has 0 saturated carbocycles. The Morgan fingerprint density at radius 2 is 1.68 bits per heavy atom. The van der Waals surface area contributed by atoms with Crippen LogP contribution >= 0.6 is 0 Å². The van der Waals surface area contributed by atoms with Crippen LogP contribution in [0.1, 0.15) is 15.9 Å². The summed E-state index contributed by atoms with van der Waals surface area (Å²) in [7, 11) is -0.654. The van der Waals surface area contributed by atoms with Crippen molar-refractivity contribution in [1.82, 2.24) is 4.90 Å². The summed E-state index contributed by atoms with van der Waals surface area (Å²) in [6.07, 6.45) is -0.854. The van der Waals surface area contributed by atoms with Gasteiger partial charge in [-0.05, 0) is 48.5 Å². The molecule has 0 fully saturated rings. The van der Waals surface area contributed by atoms with Crippen LogP contribution < -0.4 is 9.47 Å². The second-order valence-corrected chi connectivity index (χ2v) is 9.66. The van der Waals surface area contributed by atoms with Gasteiger partial charge < -0.3 is 19.1 Å². The summed E-state index contributed by atoms with van der Waals surface area (Å²) in [5, 5.41) is 10.9. The van der Waals surface area contributed by atoms with Crippen LogP contribution in [0.3, 0.4) is 0 Å². The molecule has 0 bridgehead atoms. The predicted molar refractivity (Wildman–Crippen MR) is 134 cm³/mol. The number of hydrogen-bond donors (Lipinski definition) is 0. The molecule has 1 aliphatic heterocycles. The van der Waals surface area contributed by atoms with Crippen LogP contribution in [-0.4, -0.2) is 63.5 Å². The lowest BCUT2D eigenvalue weighted by atomic mass is 10.2. The van der Waals surface area contributed by atoms with Gasteiger partial charge in [-0.15, -0.1) is 4.40 Å². The Balaban J connectivity index is 1.53. The summed E-state index contributed by atoms with van der Waals surface area (Å²) in [4.78, 5) is 24.8. The SMILES string of the molecule is COc1ccc(OC[C@H](CN(C)C2=NS(=O)(=O)c3ccccc32)OC(=O)c2ccc([N+](=O)[O-])cc2)cc1. The van der Waals surface area contributed by atoms with Crippen molar-refractivity contribution >= 4 is 27.5 Å². The number of sulfonamides is 1. The minimum Gasteiger partial charge on any atom is -0.497 e. The van der Waals surface area contributed by atoms with Crippen molar-refractivity contribution in [1.29, 1.82) is 0 Å². The molecule has 3 aromatic rings. The first-order chi connectivity index (χ1) is 17.7. The van der Waals surface area contributed by atoms with Gasteiger partial charge in [0.15, 0.2) is 11.9 Å². The number of fused-ring (bicyclic) bond motifs is 1. The number of nitrogens with zero attached hydrogens (tertiary/aromatic N) is 3. The van der Waals surface area contributed by atoms with Crippen molar-refractivity contribution in [3.8, 4) is 11.5 Å². The third kappa shape index (κ3) is 5.86. The minimum atomic E-state index is -3.83. The van der Waals surface area contributed by atoms with E-state index in [1.165, 1.54) is 30.3 Å². The highest BCUT2D eigenvalue weighted by atomic mass is 32.2. The molecule has 0 spiro atoms. The maximum atomic E-state index is 12.8. The fourth-order valence-corrected chi connectivity index (χ4v) is 4.93. The predicted octanol–water partition coefficient (Wildman–Crippen LogP) is 3.29. The maximum Gasteiger partial charge on any atom is 0.338 e. The molecule has 1 heterocycles. The lowest BCUT2D eigenvalue weighted by Crippen LogP contribution is -2.39. The Morgan fingerprint density at radius 1 is 1.03 bits per heavy atom. The van der Waals surface area contributed by atoms with Crippen molar-refractivity contribution in [2.24, 2.45) is 4.40 Å². The molecule has 3 aromatic carbocycles. The normalized spacial score (nSPS) is 14.2. The van der Waals surface area contributed by atoms with Gasteiger partial charge in [-0.1, -0.05) is 12.1 Å². The second-order valence-electron chi connectivity index (χ2n) is 8.08. The number of amidine groups is 1. The van der Waals surface area contributed by atoms with Crippen LogP contribution in [0.5, 0.6) is 11.5 Å².